The van der Waals surface area contributed by atoms with E-state index in [-0.39, 0.29) is 6.04 Å². The molecule has 3 nitrogen and oxygen atoms in total. The molecule has 0 aliphatic heterocycles. The Labute approximate surface area is 98.6 Å². The Balaban J connectivity index is 2.04. The van der Waals surface area contributed by atoms with Crippen molar-refractivity contribution >= 4 is 21.6 Å². The highest BCUT2D eigenvalue weighted by atomic mass is 79.9. The summed E-state index contributed by atoms with van der Waals surface area (Å²) in [6.07, 6.45) is 8.42. The molecule has 1 fully saturated rings. The maximum atomic E-state index is 6.08. The first kappa shape index (κ1) is 10.9. The molecule has 0 unspecified atom stereocenters. The summed E-state index contributed by atoms with van der Waals surface area (Å²) >= 11 is 3.48. The second-order valence-electron chi connectivity index (χ2n) is 4.05. The Morgan fingerprint density at radius 1 is 1.40 bits per heavy atom. The summed E-state index contributed by atoms with van der Waals surface area (Å²) in [5.74, 6) is 0. The van der Waals surface area contributed by atoms with Crippen LogP contribution in [0.1, 0.15) is 25.7 Å². The van der Waals surface area contributed by atoms with Gasteiger partial charge in [-0.2, -0.15) is 0 Å². The van der Waals surface area contributed by atoms with Crippen LogP contribution in [0, 0.1) is 0 Å². The van der Waals surface area contributed by atoms with Gasteiger partial charge >= 0.3 is 0 Å². The molecule has 1 aliphatic rings. The van der Waals surface area contributed by atoms with Crippen LogP contribution < -0.4 is 11.1 Å². The van der Waals surface area contributed by atoms with Gasteiger partial charge in [-0.25, -0.2) is 0 Å². The average Bonchev–Trinajstić information content (AvgIpc) is 2.24. The number of hydrogen-bond donors (Lipinski definition) is 2. The predicted octanol–water partition coefficient (Wildman–Crippen LogP) is 2.53. The second kappa shape index (κ2) is 4.94. The molecule has 1 saturated carbocycles. The lowest BCUT2D eigenvalue weighted by molar-refractivity contribution is 0.404. The third-order valence-corrected chi connectivity index (χ3v) is 3.56. The van der Waals surface area contributed by atoms with Crippen molar-refractivity contribution in [2.24, 2.45) is 5.73 Å². The summed E-state index contributed by atoms with van der Waals surface area (Å²) < 4.78 is 1.00. The van der Waals surface area contributed by atoms with Gasteiger partial charge in [-0.3, -0.25) is 4.98 Å². The van der Waals surface area contributed by atoms with E-state index in [1.807, 2.05) is 6.07 Å². The van der Waals surface area contributed by atoms with Crippen molar-refractivity contribution in [2.45, 2.75) is 37.8 Å². The first-order chi connectivity index (χ1) is 7.27. The number of pyridine rings is 1. The highest BCUT2D eigenvalue weighted by molar-refractivity contribution is 9.10. The van der Waals surface area contributed by atoms with Crippen LogP contribution in [0.3, 0.4) is 0 Å². The van der Waals surface area contributed by atoms with Crippen molar-refractivity contribution < 1.29 is 0 Å². The maximum absolute atomic E-state index is 6.08. The SMILES string of the molecule is N[C@@H]1CCCC[C@H]1Nc1ccncc1Br. The summed E-state index contributed by atoms with van der Waals surface area (Å²) in [6, 6.07) is 2.65. The largest absolute Gasteiger partial charge is 0.380 e. The molecule has 0 aromatic carbocycles. The summed E-state index contributed by atoms with van der Waals surface area (Å²) in [4.78, 5) is 4.04. The van der Waals surface area contributed by atoms with Crippen LogP contribution in [-0.2, 0) is 0 Å². The van der Waals surface area contributed by atoms with Gasteiger partial charge in [0.05, 0.1) is 10.2 Å². The van der Waals surface area contributed by atoms with E-state index in [4.69, 9.17) is 5.73 Å². The Bertz CT molecular complexity index is 329. The van der Waals surface area contributed by atoms with E-state index in [2.05, 4.69) is 26.2 Å². The fourth-order valence-corrected chi connectivity index (χ4v) is 2.40. The molecule has 0 saturated heterocycles. The Morgan fingerprint density at radius 2 is 2.20 bits per heavy atom. The van der Waals surface area contributed by atoms with Crippen molar-refractivity contribution in [3.05, 3.63) is 22.9 Å². The highest BCUT2D eigenvalue weighted by Crippen LogP contribution is 2.25. The molecule has 15 heavy (non-hydrogen) atoms. The monoisotopic (exact) mass is 269 g/mol. The maximum Gasteiger partial charge on any atom is 0.0590 e. The number of hydrogen-bond acceptors (Lipinski definition) is 3. The van der Waals surface area contributed by atoms with Gasteiger partial charge in [0.1, 0.15) is 0 Å². The summed E-state index contributed by atoms with van der Waals surface area (Å²) in [6.45, 7) is 0. The Kier molecular flexibility index (Phi) is 3.59. The van der Waals surface area contributed by atoms with Crippen LogP contribution in [0.5, 0.6) is 0 Å². The standard InChI is InChI=1S/C11H16BrN3/c12-8-7-14-6-5-10(8)15-11-4-2-1-3-9(11)13/h5-7,9,11H,1-4,13H2,(H,14,15)/t9-,11-/m1/s1. The number of rotatable bonds is 2. The highest BCUT2D eigenvalue weighted by Gasteiger charge is 2.21. The van der Waals surface area contributed by atoms with Crippen LogP contribution in [-0.4, -0.2) is 17.1 Å². The van der Waals surface area contributed by atoms with Crippen molar-refractivity contribution in [2.75, 3.05) is 5.32 Å². The summed E-state index contributed by atoms with van der Waals surface area (Å²) in [5.41, 5.74) is 7.17. The molecule has 2 atom stereocenters. The van der Waals surface area contributed by atoms with Gasteiger partial charge in [-0.15, -0.1) is 0 Å². The minimum Gasteiger partial charge on any atom is -0.380 e. The third-order valence-electron chi connectivity index (χ3n) is 2.93. The van der Waals surface area contributed by atoms with Gasteiger partial charge in [0.25, 0.3) is 0 Å². The molecule has 1 aromatic rings. The van der Waals surface area contributed by atoms with Crippen molar-refractivity contribution in [3.8, 4) is 0 Å². The van der Waals surface area contributed by atoms with Crippen molar-refractivity contribution in [1.82, 2.24) is 4.98 Å². The number of halogens is 1. The normalized spacial score (nSPS) is 26.3. The zero-order chi connectivity index (χ0) is 10.7. The minimum absolute atomic E-state index is 0.277. The van der Waals surface area contributed by atoms with Crippen LogP contribution in [0.4, 0.5) is 5.69 Å². The van der Waals surface area contributed by atoms with E-state index in [1.165, 1.54) is 12.8 Å². The van der Waals surface area contributed by atoms with Crippen molar-refractivity contribution in [3.63, 3.8) is 0 Å². The molecule has 0 spiro atoms. The molecule has 1 aliphatic carbocycles. The van der Waals surface area contributed by atoms with E-state index in [0.29, 0.717) is 6.04 Å². The van der Waals surface area contributed by atoms with Gasteiger partial charge in [-0.05, 0) is 34.8 Å². The second-order valence-corrected chi connectivity index (χ2v) is 4.91. The summed E-state index contributed by atoms with van der Waals surface area (Å²) in [7, 11) is 0. The van der Waals surface area contributed by atoms with Gasteiger partial charge in [0.2, 0.25) is 0 Å². The number of nitrogens with two attached hydrogens (primary N) is 1. The zero-order valence-electron chi connectivity index (χ0n) is 8.62. The molecule has 1 aromatic heterocycles. The summed E-state index contributed by atoms with van der Waals surface area (Å²) in [5, 5.41) is 3.49. The van der Waals surface area contributed by atoms with Crippen LogP contribution in [0.25, 0.3) is 0 Å². The van der Waals surface area contributed by atoms with Gasteiger partial charge in [-0.1, -0.05) is 12.8 Å². The van der Waals surface area contributed by atoms with Crippen molar-refractivity contribution in [1.29, 1.82) is 0 Å². The minimum atomic E-state index is 0.277. The fourth-order valence-electron chi connectivity index (χ4n) is 2.03. The Hall–Kier alpha value is -0.610. The first-order valence-corrected chi connectivity index (χ1v) is 6.18. The first-order valence-electron chi connectivity index (χ1n) is 5.39. The lowest BCUT2D eigenvalue weighted by atomic mass is 9.91. The molecule has 2 rings (SSSR count). The lowest BCUT2D eigenvalue weighted by Crippen LogP contribution is -2.42. The molecule has 82 valence electrons. The van der Waals surface area contributed by atoms with Gasteiger partial charge in [0.15, 0.2) is 0 Å². The van der Waals surface area contributed by atoms with E-state index in [9.17, 15) is 0 Å². The van der Waals surface area contributed by atoms with E-state index >= 15 is 0 Å². The molecule has 0 bridgehead atoms. The molecule has 0 amide bonds. The third kappa shape index (κ3) is 2.69. The molecule has 4 heteroatoms. The topological polar surface area (TPSA) is 50.9 Å². The van der Waals surface area contributed by atoms with E-state index in [1.54, 1.807) is 12.4 Å². The molecular formula is C11H16BrN3. The van der Waals surface area contributed by atoms with Gasteiger partial charge in [0, 0.05) is 24.5 Å². The quantitative estimate of drug-likeness (QED) is 0.868. The Morgan fingerprint density at radius 3 is 2.93 bits per heavy atom. The predicted molar refractivity (Wildman–Crippen MR) is 65.8 cm³/mol. The fraction of sp³-hybridized carbons (Fsp3) is 0.545. The van der Waals surface area contributed by atoms with Crippen LogP contribution in [0.15, 0.2) is 22.9 Å². The van der Waals surface area contributed by atoms with Crippen LogP contribution in [0.2, 0.25) is 0 Å². The number of anilines is 1. The number of aromatic nitrogens is 1. The number of nitrogens with one attached hydrogen (secondary N) is 1. The molecule has 3 N–H and O–H groups in total. The number of nitrogens with zero attached hydrogens (tertiary/aromatic N) is 1. The van der Waals surface area contributed by atoms with E-state index < -0.39 is 0 Å². The van der Waals surface area contributed by atoms with Gasteiger partial charge < -0.3 is 11.1 Å². The molecule has 0 radical (unpaired) electrons. The van der Waals surface area contributed by atoms with E-state index in [0.717, 1.165) is 23.0 Å². The van der Waals surface area contributed by atoms with Crippen LogP contribution >= 0.6 is 15.9 Å². The average molecular weight is 270 g/mol. The molecular weight excluding hydrogens is 254 g/mol. The smallest absolute Gasteiger partial charge is 0.0590 e. The molecule has 1 heterocycles. The zero-order valence-corrected chi connectivity index (χ0v) is 10.2. The lowest BCUT2D eigenvalue weighted by Gasteiger charge is -2.30.